The Labute approximate surface area is 167 Å². The van der Waals surface area contributed by atoms with E-state index in [0.29, 0.717) is 10.0 Å². The summed E-state index contributed by atoms with van der Waals surface area (Å²) in [6, 6.07) is 0. The van der Waals surface area contributed by atoms with Crippen LogP contribution < -0.4 is 11.1 Å². The van der Waals surface area contributed by atoms with Crippen molar-refractivity contribution in [1.29, 1.82) is 0 Å². The summed E-state index contributed by atoms with van der Waals surface area (Å²) in [4.78, 5) is 29.9. The summed E-state index contributed by atoms with van der Waals surface area (Å²) in [5.41, 5.74) is 8.28. The molecule has 1 unspecified atom stereocenters. The van der Waals surface area contributed by atoms with Crippen molar-refractivity contribution in [3.8, 4) is 0 Å². The Morgan fingerprint density at radius 1 is 1.46 bits per heavy atom. The highest BCUT2D eigenvalue weighted by atomic mass is 32.1. The van der Waals surface area contributed by atoms with Gasteiger partial charge in [-0.3, -0.25) is 14.9 Å². The molecule has 1 aromatic heterocycles. The number of nitrogens with two attached hydrogens (primary N) is 1. The molecule has 0 fully saturated rings. The second-order valence-electron chi connectivity index (χ2n) is 6.67. The van der Waals surface area contributed by atoms with Crippen molar-refractivity contribution >= 4 is 28.1 Å². The molecule has 0 amide bonds. The van der Waals surface area contributed by atoms with Gasteiger partial charge in [0, 0.05) is 37.0 Å². The lowest BCUT2D eigenvalue weighted by atomic mass is 9.94. The predicted molar refractivity (Wildman–Crippen MR) is 111 cm³/mol. The van der Waals surface area contributed by atoms with Gasteiger partial charge in [0.1, 0.15) is 10.7 Å². The van der Waals surface area contributed by atoms with Gasteiger partial charge in [0.25, 0.3) is 5.70 Å². The molecule has 0 spiro atoms. The van der Waals surface area contributed by atoms with Crippen molar-refractivity contribution in [2.24, 2.45) is 5.92 Å². The van der Waals surface area contributed by atoms with E-state index in [-0.39, 0.29) is 23.7 Å². The summed E-state index contributed by atoms with van der Waals surface area (Å²) in [5.74, 6) is -0.432. The number of nitrogens with one attached hydrogen (secondary N) is 1. The maximum Gasteiger partial charge on any atom is 0.265 e. The standard InChI is InChI=1S/C19H23N5O3S/c1-3-23(2)14-10-6-13(7-11-14)21-19-22-18(20)17(28-19)16(25)12-4-8-15(9-5-12)24(26)27/h4,6,8-10,12H,3,5,7,11,20H2,1-2H3,(H,21,22). The Morgan fingerprint density at radius 2 is 2.25 bits per heavy atom. The first kappa shape index (κ1) is 19.8. The first-order valence-corrected chi connectivity index (χ1v) is 9.91. The van der Waals surface area contributed by atoms with Crippen molar-refractivity contribution in [2.45, 2.75) is 26.2 Å². The van der Waals surface area contributed by atoms with Crippen molar-refractivity contribution in [2.75, 3.05) is 24.6 Å². The summed E-state index contributed by atoms with van der Waals surface area (Å²) >= 11 is 1.22. The Morgan fingerprint density at radius 3 is 2.82 bits per heavy atom. The largest absolute Gasteiger partial charge is 0.382 e. The normalized spacial score (nSPS) is 18.8. The second-order valence-corrected chi connectivity index (χ2v) is 7.67. The van der Waals surface area contributed by atoms with Crippen LogP contribution >= 0.6 is 11.3 Å². The third-order valence-corrected chi connectivity index (χ3v) is 5.87. The quantitative estimate of drug-likeness (QED) is 0.408. The summed E-state index contributed by atoms with van der Waals surface area (Å²) < 4.78 is 0. The van der Waals surface area contributed by atoms with E-state index in [1.165, 1.54) is 29.2 Å². The molecule has 9 heteroatoms. The lowest BCUT2D eigenvalue weighted by Crippen LogP contribution is -2.19. The summed E-state index contributed by atoms with van der Waals surface area (Å²) in [6.45, 7) is 3.08. The molecule has 0 radical (unpaired) electrons. The van der Waals surface area contributed by atoms with Gasteiger partial charge in [0.15, 0.2) is 10.9 Å². The number of carbonyl (C=O) groups excluding carboxylic acids is 1. The van der Waals surface area contributed by atoms with E-state index in [1.54, 1.807) is 6.08 Å². The Hall–Kier alpha value is -2.94. The van der Waals surface area contributed by atoms with E-state index in [2.05, 4.69) is 35.2 Å². The maximum atomic E-state index is 12.7. The molecule has 1 heterocycles. The van der Waals surface area contributed by atoms with E-state index in [4.69, 9.17) is 5.73 Å². The van der Waals surface area contributed by atoms with E-state index in [9.17, 15) is 14.9 Å². The number of hydrogen-bond acceptors (Lipinski definition) is 8. The Bertz CT molecular complexity index is 913. The number of nitrogen functional groups attached to an aromatic ring is 1. The molecule has 28 heavy (non-hydrogen) atoms. The number of nitro groups is 1. The number of thiazole rings is 1. The first-order valence-electron chi connectivity index (χ1n) is 9.10. The summed E-state index contributed by atoms with van der Waals surface area (Å²) in [6.07, 6.45) is 10.6. The van der Waals surface area contributed by atoms with Crippen molar-refractivity contribution in [3.63, 3.8) is 0 Å². The third-order valence-electron chi connectivity index (χ3n) is 4.86. The lowest BCUT2D eigenvalue weighted by molar-refractivity contribution is -0.419. The van der Waals surface area contributed by atoms with Crippen LogP contribution in [0.2, 0.25) is 0 Å². The van der Waals surface area contributed by atoms with Crippen molar-refractivity contribution in [3.05, 3.63) is 62.5 Å². The van der Waals surface area contributed by atoms with E-state index in [0.717, 1.165) is 25.1 Å². The average molecular weight is 401 g/mol. The molecular weight excluding hydrogens is 378 g/mol. The number of aromatic nitrogens is 1. The predicted octanol–water partition coefficient (Wildman–Crippen LogP) is 3.57. The Balaban J connectivity index is 1.68. The monoisotopic (exact) mass is 401 g/mol. The average Bonchev–Trinajstić information content (AvgIpc) is 3.07. The minimum Gasteiger partial charge on any atom is -0.382 e. The summed E-state index contributed by atoms with van der Waals surface area (Å²) in [5, 5.41) is 14.6. The lowest BCUT2D eigenvalue weighted by Gasteiger charge is -2.23. The van der Waals surface area contributed by atoms with Crippen LogP contribution in [0.15, 0.2) is 47.5 Å². The zero-order chi connectivity index (χ0) is 20.3. The van der Waals surface area contributed by atoms with Gasteiger partial charge in [-0.05, 0) is 44.4 Å². The molecule has 0 aliphatic heterocycles. The molecule has 0 bridgehead atoms. The SMILES string of the molecule is CCN(C)C1=CC=C(Nc2nc(N)c(C(=O)C3C=CC([N+](=O)[O-])=CC3)s2)CC1. The topological polar surface area (TPSA) is 114 Å². The van der Waals surface area contributed by atoms with Gasteiger partial charge in [-0.1, -0.05) is 17.4 Å². The van der Waals surface area contributed by atoms with E-state index in [1.807, 2.05) is 6.08 Å². The van der Waals surface area contributed by atoms with Gasteiger partial charge in [0.05, 0.1) is 4.92 Å². The molecule has 0 aromatic carbocycles. The third kappa shape index (κ3) is 4.30. The highest BCUT2D eigenvalue weighted by Crippen LogP contribution is 2.32. The fraction of sp³-hybridized carbons (Fsp3) is 0.368. The van der Waals surface area contributed by atoms with Crippen LogP contribution in [0.5, 0.6) is 0 Å². The number of anilines is 2. The number of Topliss-reactive ketones (excluding diaryl/α,β-unsaturated/α-hetero) is 1. The van der Waals surface area contributed by atoms with Gasteiger partial charge >= 0.3 is 0 Å². The van der Waals surface area contributed by atoms with Gasteiger partial charge in [0.2, 0.25) is 0 Å². The Kier molecular flexibility index (Phi) is 5.93. The molecule has 3 rings (SSSR count). The molecule has 2 aliphatic rings. The smallest absolute Gasteiger partial charge is 0.265 e. The van der Waals surface area contributed by atoms with Crippen molar-refractivity contribution in [1.82, 2.24) is 9.88 Å². The minimum atomic E-state index is -0.462. The molecular formula is C19H23N5O3S. The van der Waals surface area contributed by atoms with E-state index < -0.39 is 10.8 Å². The van der Waals surface area contributed by atoms with Gasteiger partial charge in [-0.2, -0.15) is 0 Å². The zero-order valence-electron chi connectivity index (χ0n) is 15.8. The second kappa shape index (κ2) is 8.39. The van der Waals surface area contributed by atoms with Crippen LogP contribution in [0.4, 0.5) is 10.9 Å². The number of rotatable bonds is 7. The minimum absolute atomic E-state index is 0.00839. The molecule has 0 saturated carbocycles. The highest BCUT2D eigenvalue weighted by molar-refractivity contribution is 7.18. The maximum absolute atomic E-state index is 12.7. The number of ketones is 1. The van der Waals surface area contributed by atoms with Gasteiger partial charge in [-0.15, -0.1) is 0 Å². The number of hydrogen-bond donors (Lipinski definition) is 2. The fourth-order valence-corrected chi connectivity index (χ4v) is 3.98. The fourth-order valence-electron chi connectivity index (χ4n) is 3.06. The van der Waals surface area contributed by atoms with Crippen LogP contribution in [0, 0.1) is 16.0 Å². The molecule has 3 N–H and O–H groups in total. The number of allylic oxidation sites excluding steroid dienone is 7. The molecule has 148 valence electrons. The zero-order valence-corrected chi connectivity index (χ0v) is 16.7. The van der Waals surface area contributed by atoms with Crippen molar-refractivity contribution < 1.29 is 9.72 Å². The molecule has 8 nitrogen and oxygen atoms in total. The first-order chi connectivity index (χ1) is 13.4. The molecule has 2 aliphatic carbocycles. The van der Waals surface area contributed by atoms with Crippen LogP contribution in [-0.4, -0.2) is 34.2 Å². The van der Waals surface area contributed by atoms with Gasteiger partial charge < -0.3 is 16.0 Å². The van der Waals surface area contributed by atoms with Gasteiger partial charge in [-0.25, -0.2) is 4.98 Å². The number of carbonyl (C=O) groups is 1. The van der Waals surface area contributed by atoms with Crippen LogP contribution in [-0.2, 0) is 0 Å². The van der Waals surface area contributed by atoms with Crippen LogP contribution in [0.25, 0.3) is 0 Å². The van der Waals surface area contributed by atoms with E-state index >= 15 is 0 Å². The highest BCUT2D eigenvalue weighted by Gasteiger charge is 2.26. The number of nitrogens with zero attached hydrogens (tertiary/aromatic N) is 3. The molecule has 0 saturated heterocycles. The molecule has 1 aromatic rings. The molecule has 1 atom stereocenters. The van der Waals surface area contributed by atoms with Crippen LogP contribution in [0.3, 0.4) is 0 Å². The summed E-state index contributed by atoms with van der Waals surface area (Å²) in [7, 11) is 2.07. The van der Waals surface area contributed by atoms with Crippen LogP contribution in [0.1, 0.15) is 35.9 Å².